The maximum atomic E-state index is 11.8. The first kappa shape index (κ1) is 13.1. The van der Waals surface area contributed by atoms with E-state index in [1.165, 1.54) is 5.56 Å². The molecule has 0 unspecified atom stereocenters. The molecule has 19 heavy (non-hydrogen) atoms. The van der Waals surface area contributed by atoms with Crippen LogP contribution in [0.5, 0.6) is 5.75 Å². The molecule has 0 aliphatic rings. The van der Waals surface area contributed by atoms with Crippen molar-refractivity contribution in [1.82, 2.24) is 0 Å². The minimum absolute atomic E-state index is 0.0222. The van der Waals surface area contributed by atoms with Gasteiger partial charge in [-0.1, -0.05) is 30.3 Å². The van der Waals surface area contributed by atoms with Gasteiger partial charge in [0.15, 0.2) is 0 Å². The lowest BCUT2D eigenvalue weighted by atomic mass is 10.1. The summed E-state index contributed by atoms with van der Waals surface area (Å²) in [5.41, 5.74) is 1.96. The van der Waals surface area contributed by atoms with Gasteiger partial charge in [0.05, 0.1) is 7.11 Å². The molecule has 0 heterocycles. The summed E-state index contributed by atoms with van der Waals surface area (Å²) in [5.74, 6) is 0.802. The van der Waals surface area contributed by atoms with Gasteiger partial charge in [-0.3, -0.25) is 4.79 Å². The third-order valence-electron chi connectivity index (χ3n) is 2.86. The summed E-state index contributed by atoms with van der Waals surface area (Å²) in [6.07, 6.45) is 1.23. The summed E-state index contributed by atoms with van der Waals surface area (Å²) < 4.78 is 5.07. The number of hydrogen-bond donors (Lipinski definition) is 1. The number of ether oxygens (including phenoxy) is 1. The van der Waals surface area contributed by atoms with Crippen LogP contribution in [0, 0.1) is 0 Å². The summed E-state index contributed by atoms with van der Waals surface area (Å²) in [5, 5.41) is 2.87. The Morgan fingerprint density at radius 2 is 1.74 bits per heavy atom. The molecule has 2 aromatic carbocycles. The van der Waals surface area contributed by atoms with Gasteiger partial charge in [0.1, 0.15) is 5.75 Å². The number of anilines is 1. The molecule has 0 saturated heterocycles. The van der Waals surface area contributed by atoms with Gasteiger partial charge in [-0.25, -0.2) is 0 Å². The Labute approximate surface area is 113 Å². The van der Waals surface area contributed by atoms with E-state index in [4.69, 9.17) is 4.74 Å². The topological polar surface area (TPSA) is 38.3 Å². The molecule has 0 bridgehead atoms. The highest BCUT2D eigenvalue weighted by Gasteiger charge is 2.03. The zero-order chi connectivity index (χ0) is 13.5. The number of aryl methyl sites for hydroxylation is 1. The number of nitrogens with one attached hydrogen (secondary N) is 1. The largest absolute Gasteiger partial charge is 0.497 e. The second kappa shape index (κ2) is 6.59. The van der Waals surface area contributed by atoms with E-state index in [9.17, 15) is 4.79 Å². The van der Waals surface area contributed by atoms with Crippen molar-refractivity contribution in [1.29, 1.82) is 0 Å². The zero-order valence-electron chi connectivity index (χ0n) is 10.9. The number of methoxy groups -OCH3 is 1. The van der Waals surface area contributed by atoms with Crippen LogP contribution in [0.3, 0.4) is 0 Å². The summed E-state index contributed by atoms with van der Waals surface area (Å²) >= 11 is 0. The van der Waals surface area contributed by atoms with E-state index in [1.807, 2.05) is 54.6 Å². The van der Waals surface area contributed by atoms with Crippen LogP contribution in [0.4, 0.5) is 5.69 Å². The standard InChI is InChI=1S/C16H17NO2/c1-19-15-10-8-14(9-11-15)17-16(18)12-7-13-5-3-2-4-6-13/h2-6,8-11H,7,12H2,1H3,(H,17,18). The quantitative estimate of drug-likeness (QED) is 0.890. The smallest absolute Gasteiger partial charge is 0.224 e. The van der Waals surface area contributed by atoms with Crippen LogP contribution < -0.4 is 10.1 Å². The fourth-order valence-electron chi connectivity index (χ4n) is 1.80. The molecule has 3 nitrogen and oxygen atoms in total. The van der Waals surface area contributed by atoms with Crippen molar-refractivity contribution < 1.29 is 9.53 Å². The fourth-order valence-corrected chi connectivity index (χ4v) is 1.80. The third kappa shape index (κ3) is 4.14. The van der Waals surface area contributed by atoms with Gasteiger partial charge in [0.25, 0.3) is 0 Å². The predicted molar refractivity (Wildman–Crippen MR) is 76.4 cm³/mol. The van der Waals surface area contributed by atoms with E-state index in [0.717, 1.165) is 17.9 Å². The second-order valence-corrected chi connectivity index (χ2v) is 4.26. The highest BCUT2D eigenvalue weighted by molar-refractivity contribution is 5.90. The van der Waals surface area contributed by atoms with Gasteiger partial charge >= 0.3 is 0 Å². The van der Waals surface area contributed by atoms with Gasteiger partial charge in [0.2, 0.25) is 5.91 Å². The normalized spacial score (nSPS) is 9.95. The number of amides is 1. The number of hydrogen-bond acceptors (Lipinski definition) is 2. The molecular weight excluding hydrogens is 238 g/mol. The first-order valence-electron chi connectivity index (χ1n) is 6.26. The second-order valence-electron chi connectivity index (χ2n) is 4.26. The highest BCUT2D eigenvalue weighted by Crippen LogP contribution is 2.15. The molecule has 2 aromatic rings. The van der Waals surface area contributed by atoms with Crippen LogP contribution >= 0.6 is 0 Å². The summed E-state index contributed by atoms with van der Waals surface area (Å²) in [6.45, 7) is 0. The van der Waals surface area contributed by atoms with Gasteiger partial charge < -0.3 is 10.1 Å². The third-order valence-corrected chi connectivity index (χ3v) is 2.86. The van der Waals surface area contributed by atoms with Crippen molar-refractivity contribution >= 4 is 11.6 Å². The predicted octanol–water partition coefficient (Wildman–Crippen LogP) is 3.27. The van der Waals surface area contributed by atoms with Crippen LogP contribution in [0.1, 0.15) is 12.0 Å². The average Bonchev–Trinajstić information content (AvgIpc) is 2.47. The maximum absolute atomic E-state index is 11.8. The fraction of sp³-hybridized carbons (Fsp3) is 0.188. The van der Waals surface area contributed by atoms with Crippen LogP contribution in [0.25, 0.3) is 0 Å². The van der Waals surface area contributed by atoms with Crippen molar-refractivity contribution in [3.8, 4) is 5.75 Å². The Morgan fingerprint density at radius 1 is 1.05 bits per heavy atom. The molecule has 2 rings (SSSR count). The molecule has 0 spiro atoms. The lowest BCUT2D eigenvalue weighted by Gasteiger charge is -2.06. The minimum Gasteiger partial charge on any atom is -0.497 e. The molecule has 98 valence electrons. The summed E-state index contributed by atoms with van der Waals surface area (Å²) in [4.78, 5) is 11.8. The first-order valence-corrected chi connectivity index (χ1v) is 6.26. The molecule has 0 aliphatic carbocycles. The Bertz CT molecular complexity index is 520. The lowest BCUT2D eigenvalue weighted by molar-refractivity contribution is -0.116. The molecule has 0 radical (unpaired) electrons. The Morgan fingerprint density at radius 3 is 2.37 bits per heavy atom. The summed E-state index contributed by atoms with van der Waals surface area (Å²) in [7, 11) is 1.62. The van der Waals surface area contributed by atoms with E-state index in [-0.39, 0.29) is 5.91 Å². The Balaban J connectivity index is 1.83. The van der Waals surface area contributed by atoms with E-state index in [2.05, 4.69) is 5.32 Å². The minimum atomic E-state index is 0.0222. The SMILES string of the molecule is COc1ccc(NC(=O)CCc2ccccc2)cc1. The van der Waals surface area contributed by atoms with Crippen molar-refractivity contribution in [3.63, 3.8) is 0 Å². The van der Waals surface area contributed by atoms with Crippen LogP contribution in [0.2, 0.25) is 0 Å². The average molecular weight is 255 g/mol. The van der Waals surface area contributed by atoms with Gasteiger partial charge in [-0.05, 0) is 36.2 Å². The van der Waals surface area contributed by atoms with Gasteiger partial charge in [-0.2, -0.15) is 0 Å². The van der Waals surface area contributed by atoms with Crippen molar-refractivity contribution in [2.45, 2.75) is 12.8 Å². The molecular formula is C16H17NO2. The van der Waals surface area contributed by atoms with E-state index < -0.39 is 0 Å². The molecule has 0 aromatic heterocycles. The van der Waals surface area contributed by atoms with Gasteiger partial charge in [-0.15, -0.1) is 0 Å². The molecule has 0 aliphatic heterocycles. The number of rotatable bonds is 5. The van der Waals surface area contributed by atoms with E-state index in [1.54, 1.807) is 7.11 Å². The van der Waals surface area contributed by atoms with Crippen molar-refractivity contribution in [3.05, 3.63) is 60.2 Å². The molecule has 3 heteroatoms. The number of carbonyl (C=O) groups is 1. The molecule has 0 atom stereocenters. The molecule has 0 fully saturated rings. The lowest BCUT2D eigenvalue weighted by Crippen LogP contribution is -2.12. The van der Waals surface area contributed by atoms with Crippen molar-refractivity contribution in [2.24, 2.45) is 0 Å². The van der Waals surface area contributed by atoms with E-state index in [0.29, 0.717) is 6.42 Å². The highest BCUT2D eigenvalue weighted by atomic mass is 16.5. The maximum Gasteiger partial charge on any atom is 0.224 e. The molecule has 1 N–H and O–H groups in total. The van der Waals surface area contributed by atoms with Gasteiger partial charge in [0, 0.05) is 12.1 Å². The monoisotopic (exact) mass is 255 g/mol. The first-order chi connectivity index (χ1) is 9.28. The Hall–Kier alpha value is -2.29. The van der Waals surface area contributed by atoms with E-state index >= 15 is 0 Å². The number of carbonyl (C=O) groups excluding carboxylic acids is 1. The molecule has 0 saturated carbocycles. The van der Waals surface area contributed by atoms with Crippen LogP contribution in [-0.2, 0) is 11.2 Å². The summed E-state index contributed by atoms with van der Waals surface area (Å²) in [6, 6.07) is 17.3. The molecule has 1 amide bonds. The van der Waals surface area contributed by atoms with Crippen molar-refractivity contribution in [2.75, 3.05) is 12.4 Å². The van der Waals surface area contributed by atoms with Crippen LogP contribution in [0.15, 0.2) is 54.6 Å². The Kier molecular flexibility index (Phi) is 4.56. The number of benzene rings is 2. The van der Waals surface area contributed by atoms with Crippen LogP contribution in [-0.4, -0.2) is 13.0 Å². The zero-order valence-corrected chi connectivity index (χ0v) is 10.9.